The van der Waals surface area contributed by atoms with Gasteiger partial charge in [0.05, 0.1) is 13.0 Å². The van der Waals surface area contributed by atoms with Gasteiger partial charge in [-0.2, -0.15) is 0 Å². The summed E-state index contributed by atoms with van der Waals surface area (Å²) in [5.41, 5.74) is 4.48. The van der Waals surface area contributed by atoms with Gasteiger partial charge < -0.3 is 15.2 Å². The van der Waals surface area contributed by atoms with E-state index in [0.29, 0.717) is 13.0 Å². The maximum Gasteiger partial charge on any atom is 0.303 e. The molecule has 1 aliphatic rings. The molecule has 3 aromatic rings. The first-order valence-electron chi connectivity index (χ1n) is 10.9. The number of carboxylic acid groups (broad SMARTS) is 1. The van der Waals surface area contributed by atoms with Crippen molar-refractivity contribution >= 4 is 11.8 Å². The van der Waals surface area contributed by atoms with E-state index in [4.69, 9.17) is 9.72 Å². The van der Waals surface area contributed by atoms with Crippen LogP contribution in [0.1, 0.15) is 41.1 Å². The normalized spacial score (nSPS) is 13.7. The van der Waals surface area contributed by atoms with E-state index in [1.165, 1.54) is 5.56 Å². The molecule has 5 nitrogen and oxygen atoms in total. The molecule has 1 aromatic heterocycles. The maximum absolute atomic E-state index is 11.3. The summed E-state index contributed by atoms with van der Waals surface area (Å²) in [6.45, 7) is 1.56. The van der Waals surface area contributed by atoms with Gasteiger partial charge in [0, 0.05) is 18.7 Å². The number of carboxylic acids is 1. The Morgan fingerprint density at radius 3 is 2.65 bits per heavy atom. The Kier molecular flexibility index (Phi) is 6.82. The molecule has 1 atom stereocenters. The van der Waals surface area contributed by atoms with Gasteiger partial charge in [0.25, 0.3) is 0 Å². The second-order valence-electron chi connectivity index (χ2n) is 7.99. The number of fused-ring (bicyclic) bond motifs is 1. The number of hydrogen-bond donors (Lipinski definition) is 2. The lowest BCUT2D eigenvalue weighted by Crippen LogP contribution is -2.14. The molecule has 2 N–H and O–H groups in total. The molecule has 0 saturated heterocycles. The SMILES string of the molecule is O=C(O)CC(Cc1ccc(OCCc2ccc3c(n2)NCCC3)cc1)c1ccccc1. The van der Waals surface area contributed by atoms with E-state index in [0.717, 1.165) is 54.2 Å². The number of aliphatic carboxylic acids is 1. The van der Waals surface area contributed by atoms with E-state index in [9.17, 15) is 9.90 Å². The number of benzene rings is 2. The van der Waals surface area contributed by atoms with E-state index in [1.54, 1.807) is 0 Å². The van der Waals surface area contributed by atoms with Crippen LogP contribution < -0.4 is 10.1 Å². The molecular formula is C26H28N2O3. The molecule has 4 rings (SSSR count). The third-order valence-corrected chi connectivity index (χ3v) is 5.68. The summed E-state index contributed by atoms with van der Waals surface area (Å²) in [7, 11) is 0. The Balaban J connectivity index is 1.32. The monoisotopic (exact) mass is 416 g/mol. The number of aromatic nitrogens is 1. The number of nitrogens with one attached hydrogen (secondary N) is 1. The van der Waals surface area contributed by atoms with Gasteiger partial charge in [-0.15, -0.1) is 0 Å². The average molecular weight is 417 g/mol. The molecule has 1 unspecified atom stereocenters. The zero-order valence-corrected chi connectivity index (χ0v) is 17.6. The second kappa shape index (κ2) is 10.1. The molecule has 0 spiro atoms. The predicted octanol–water partition coefficient (Wildman–Crippen LogP) is 4.86. The van der Waals surface area contributed by atoms with Gasteiger partial charge in [0.15, 0.2) is 0 Å². The molecule has 1 aliphatic heterocycles. The topological polar surface area (TPSA) is 71.5 Å². The van der Waals surface area contributed by atoms with Gasteiger partial charge in [0.1, 0.15) is 11.6 Å². The molecule has 0 fully saturated rings. The summed E-state index contributed by atoms with van der Waals surface area (Å²) < 4.78 is 5.91. The van der Waals surface area contributed by atoms with Crippen molar-refractivity contribution in [3.8, 4) is 5.75 Å². The van der Waals surface area contributed by atoms with Gasteiger partial charge in [-0.05, 0) is 60.1 Å². The zero-order valence-electron chi connectivity index (χ0n) is 17.6. The fraction of sp³-hybridized carbons (Fsp3) is 0.308. The quantitative estimate of drug-likeness (QED) is 0.521. The van der Waals surface area contributed by atoms with Crippen LogP contribution in [0.25, 0.3) is 0 Å². The number of anilines is 1. The van der Waals surface area contributed by atoms with E-state index in [1.807, 2.05) is 54.6 Å². The molecule has 0 radical (unpaired) electrons. The van der Waals surface area contributed by atoms with Gasteiger partial charge in [-0.1, -0.05) is 48.5 Å². The van der Waals surface area contributed by atoms with Crippen LogP contribution in [0.2, 0.25) is 0 Å². The number of rotatable bonds is 9. The summed E-state index contributed by atoms with van der Waals surface area (Å²) in [6, 6.07) is 22.1. The summed E-state index contributed by atoms with van der Waals surface area (Å²) in [6.07, 6.45) is 3.81. The lowest BCUT2D eigenvalue weighted by atomic mass is 9.89. The molecule has 2 heterocycles. The van der Waals surface area contributed by atoms with Crippen molar-refractivity contribution in [2.45, 2.75) is 38.0 Å². The number of nitrogens with zero attached hydrogens (tertiary/aromatic N) is 1. The Labute approximate surface area is 183 Å². The van der Waals surface area contributed by atoms with E-state index in [2.05, 4.69) is 17.4 Å². The fourth-order valence-electron chi connectivity index (χ4n) is 4.03. The van der Waals surface area contributed by atoms with E-state index in [-0.39, 0.29) is 12.3 Å². The summed E-state index contributed by atoms with van der Waals surface area (Å²) in [5, 5.41) is 12.7. The van der Waals surface area contributed by atoms with Crippen LogP contribution in [0.4, 0.5) is 5.82 Å². The van der Waals surface area contributed by atoms with Gasteiger partial charge >= 0.3 is 5.97 Å². The Morgan fingerprint density at radius 1 is 1.06 bits per heavy atom. The molecule has 31 heavy (non-hydrogen) atoms. The minimum Gasteiger partial charge on any atom is -0.493 e. The van der Waals surface area contributed by atoms with Crippen LogP contribution in [-0.2, 0) is 24.1 Å². The largest absolute Gasteiger partial charge is 0.493 e. The number of hydrogen-bond acceptors (Lipinski definition) is 4. The van der Waals surface area contributed by atoms with Crippen molar-refractivity contribution in [3.05, 3.63) is 89.1 Å². The van der Waals surface area contributed by atoms with Crippen molar-refractivity contribution < 1.29 is 14.6 Å². The first-order valence-corrected chi connectivity index (χ1v) is 10.9. The van der Waals surface area contributed by atoms with Crippen LogP contribution >= 0.6 is 0 Å². The van der Waals surface area contributed by atoms with Crippen LogP contribution in [0.3, 0.4) is 0 Å². The first-order chi connectivity index (χ1) is 15.2. The van der Waals surface area contributed by atoms with Crippen molar-refractivity contribution in [2.75, 3.05) is 18.5 Å². The van der Waals surface area contributed by atoms with Crippen LogP contribution in [0, 0.1) is 0 Å². The molecule has 5 heteroatoms. The lowest BCUT2D eigenvalue weighted by molar-refractivity contribution is -0.137. The third kappa shape index (κ3) is 5.85. The molecule has 0 saturated carbocycles. The fourth-order valence-corrected chi connectivity index (χ4v) is 4.03. The van der Waals surface area contributed by atoms with Crippen molar-refractivity contribution in [1.29, 1.82) is 0 Å². The van der Waals surface area contributed by atoms with Gasteiger partial charge in [0.2, 0.25) is 0 Å². The van der Waals surface area contributed by atoms with E-state index < -0.39 is 5.97 Å². The smallest absolute Gasteiger partial charge is 0.303 e. The summed E-state index contributed by atoms with van der Waals surface area (Å²) >= 11 is 0. The minimum atomic E-state index is -0.778. The molecule has 0 amide bonds. The van der Waals surface area contributed by atoms with Crippen molar-refractivity contribution in [3.63, 3.8) is 0 Å². The first kappa shape index (κ1) is 20.9. The molecule has 160 valence electrons. The number of carbonyl (C=O) groups is 1. The number of ether oxygens (including phenoxy) is 1. The van der Waals surface area contributed by atoms with Gasteiger partial charge in [-0.3, -0.25) is 4.79 Å². The van der Waals surface area contributed by atoms with Crippen LogP contribution in [0.5, 0.6) is 5.75 Å². The van der Waals surface area contributed by atoms with E-state index >= 15 is 0 Å². The highest BCUT2D eigenvalue weighted by atomic mass is 16.5. The van der Waals surface area contributed by atoms with Crippen molar-refractivity contribution in [1.82, 2.24) is 4.98 Å². The van der Waals surface area contributed by atoms with Gasteiger partial charge in [-0.25, -0.2) is 4.98 Å². The number of pyridine rings is 1. The highest BCUT2D eigenvalue weighted by Gasteiger charge is 2.16. The Hall–Kier alpha value is -3.34. The lowest BCUT2D eigenvalue weighted by Gasteiger charge is -2.17. The second-order valence-corrected chi connectivity index (χ2v) is 7.99. The minimum absolute atomic E-state index is 0.0471. The predicted molar refractivity (Wildman–Crippen MR) is 122 cm³/mol. The Bertz CT molecular complexity index is 1000. The zero-order chi connectivity index (χ0) is 21.5. The summed E-state index contributed by atoms with van der Waals surface area (Å²) in [5.74, 6) is 1.01. The third-order valence-electron chi connectivity index (χ3n) is 5.68. The standard InChI is InChI=1S/C26H28N2O3/c29-25(30)18-22(20-5-2-1-3-6-20)17-19-8-12-24(13-9-19)31-16-14-23-11-10-21-7-4-15-27-26(21)28-23/h1-3,5-6,8-13,22H,4,7,14-18H2,(H,27,28)(H,29,30). The summed E-state index contributed by atoms with van der Waals surface area (Å²) in [4.78, 5) is 16.0. The number of aryl methyl sites for hydroxylation is 1. The van der Waals surface area contributed by atoms with Crippen LogP contribution in [0.15, 0.2) is 66.7 Å². The Morgan fingerprint density at radius 2 is 1.87 bits per heavy atom. The highest BCUT2D eigenvalue weighted by molar-refractivity contribution is 5.68. The van der Waals surface area contributed by atoms with Crippen LogP contribution in [-0.4, -0.2) is 29.2 Å². The van der Waals surface area contributed by atoms with Crippen molar-refractivity contribution in [2.24, 2.45) is 0 Å². The highest BCUT2D eigenvalue weighted by Crippen LogP contribution is 2.26. The molecule has 0 aliphatic carbocycles. The maximum atomic E-state index is 11.3. The molecule has 2 aromatic carbocycles. The molecular weight excluding hydrogens is 388 g/mol. The molecule has 0 bridgehead atoms. The average Bonchev–Trinajstić information content (AvgIpc) is 2.80.